The van der Waals surface area contributed by atoms with Crippen LogP contribution in [0.3, 0.4) is 0 Å². The highest BCUT2D eigenvalue weighted by Gasteiger charge is 2.66. The number of benzene rings is 4. The molecule has 0 atom stereocenters. The number of fused-ring (bicyclic) bond motifs is 8. The molecular formula is C44H16Cl2F20N4S2. The molecule has 2 N–H and O–H groups in total. The molecular weight excluding hydrogens is 1100 g/mol. The number of rotatable bonds is 6. The topological polar surface area (TPSA) is 57.4 Å². The molecule has 0 spiro atoms. The van der Waals surface area contributed by atoms with Gasteiger partial charge >= 0.3 is 20.4 Å². The predicted molar refractivity (Wildman–Crippen MR) is 233 cm³/mol. The SMILES string of the molecule is Fc1c(F)c(F)c(-c2c3nc(c(-c4cc(Cl)cc(S(F)(F)(F)(F)F)c4)c4ccc([nH]4)c(-c4c(F)c(F)c(F)c(F)c4F)c4nc(c(-c5cc(Cl)cc(S(F)(F)(F)(F)F)c5)c5ccc2[nH]5)C=C4)C=C3)c(F)c1F. The van der Waals surface area contributed by atoms with Crippen molar-refractivity contribution in [1.82, 2.24) is 19.9 Å². The maximum absolute atomic E-state index is 15.9. The summed E-state index contributed by atoms with van der Waals surface area (Å²) in [4.78, 5) is 7.87. The van der Waals surface area contributed by atoms with E-state index >= 15 is 35.1 Å². The van der Waals surface area contributed by atoms with Crippen molar-refractivity contribution in [3.8, 4) is 44.5 Å². The second kappa shape index (κ2) is 15.0. The lowest BCUT2D eigenvalue weighted by Gasteiger charge is -2.40. The summed E-state index contributed by atoms with van der Waals surface area (Å²) in [7, 11) is -21.4. The van der Waals surface area contributed by atoms with E-state index in [2.05, 4.69) is 19.9 Å². The number of nitrogens with zero attached hydrogens (tertiary/aromatic N) is 2. The molecule has 0 saturated carbocycles. The van der Waals surface area contributed by atoms with Gasteiger partial charge in [0.15, 0.2) is 46.5 Å². The Kier molecular flexibility index (Phi) is 10.5. The summed E-state index contributed by atoms with van der Waals surface area (Å²) in [5, 5.41) is -2.08. The molecule has 0 fully saturated rings. The number of aromatic amines is 2. The second-order valence-corrected chi connectivity index (χ2v) is 21.4. The predicted octanol–water partition coefficient (Wildman–Crippen LogP) is 19.3. The lowest BCUT2D eigenvalue weighted by Crippen LogP contribution is -2.06. The molecule has 4 aromatic carbocycles. The van der Waals surface area contributed by atoms with Crippen LogP contribution in [0.5, 0.6) is 0 Å². The fourth-order valence-corrected chi connectivity index (χ4v) is 9.85. The van der Waals surface area contributed by atoms with Crippen molar-refractivity contribution in [2.45, 2.75) is 9.79 Å². The van der Waals surface area contributed by atoms with Crippen LogP contribution in [0.2, 0.25) is 10.0 Å². The zero-order chi connectivity index (χ0) is 52.9. The minimum absolute atomic E-state index is 0.156. The van der Waals surface area contributed by atoms with Gasteiger partial charge in [-0.05, 0) is 96.1 Å². The van der Waals surface area contributed by atoms with Gasteiger partial charge in [-0.3, -0.25) is 0 Å². The van der Waals surface area contributed by atoms with E-state index in [1.807, 2.05) is 0 Å². The highest BCUT2D eigenvalue weighted by atomic mass is 35.5. The maximum Gasteiger partial charge on any atom is 0.310 e. The van der Waals surface area contributed by atoms with E-state index in [-0.39, 0.29) is 24.3 Å². The van der Waals surface area contributed by atoms with Gasteiger partial charge in [-0.2, -0.15) is 0 Å². The van der Waals surface area contributed by atoms with Crippen molar-refractivity contribution < 1.29 is 82.8 Å². The molecule has 378 valence electrons. The molecule has 8 bridgehead atoms. The van der Waals surface area contributed by atoms with Crippen LogP contribution in [0.25, 0.3) is 90.9 Å². The average Bonchev–Trinajstić information content (AvgIpc) is 4.12. The van der Waals surface area contributed by atoms with E-state index in [0.717, 1.165) is 48.6 Å². The molecule has 72 heavy (non-hydrogen) atoms. The van der Waals surface area contributed by atoms with E-state index in [1.165, 1.54) is 0 Å². The Bertz CT molecular complexity index is 3560. The summed E-state index contributed by atoms with van der Waals surface area (Å²) in [5.41, 5.74) is -15.5. The molecule has 0 aliphatic carbocycles. The molecule has 7 aromatic rings. The normalized spacial score (nSPS) is 14.9. The fraction of sp³-hybridized carbons (Fsp3) is 0. The van der Waals surface area contributed by atoms with Gasteiger partial charge in [0.2, 0.25) is 11.6 Å². The van der Waals surface area contributed by atoms with Crippen molar-refractivity contribution in [2.75, 3.05) is 0 Å². The summed E-state index contributed by atoms with van der Waals surface area (Å²) in [6.45, 7) is 0. The molecule has 0 radical (unpaired) electrons. The van der Waals surface area contributed by atoms with Crippen LogP contribution < -0.4 is 0 Å². The summed E-state index contributed by atoms with van der Waals surface area (Å²) < 4.78 is 297. The van der Waals surface area contributed by atoms with Gasteiger partial charge in [-0.1, -0.05) is 62.1 Å². The molecule has 4 nitrogen and oxygen atoms in total. The van der Waals surface area contributed by atoms with Crippen LogP contribution in [-0.4, -0.2) is 19.9 Å². The molecule has 2 aliphatic rings. The van der Waals surface area contributed by atoms with Gasteiger partial charge in [0, 0.05) is 54.4 Å². The lowest BCUT2D eigenvalue weighted by molar-refractivity contribution is 0.360. The molecule has 2 aliphatic heterocycles. The maximum atomic E-state index is 15.9. The Labute approximate surface area is 397 Å². The van der Waals surface area contributed by atoms with Gasteiger partial charge in [0.25, 0.3) is 0 Å². The Morgan fingerprint density at radius 3 is 0.847 bits per heavy atom. The van der Waals surface area contributed by atoms with Crippen LogP contribution >= 0.6 is 43.6 Å². The van der Waals surface area contributed by atoms with Crippen LogP contribution in [-0.2, 0) is 0 Å². The van der Waals surface area contributed by atoms with E-state index in [9.17, 15) is 47.6 Å². The molecule has 0 saturated heterocycles. The van der Waals surface area contributed by atoms with Crippen molar-refractivity contribution in [3.63, 3.8) is 0 Å². The minimum atomic E-state index is -10.7. The first-order chi connectivity index (χ1) is 32.9. The molecule has 3 aromatic heterocycles. The first-order valence-corrected chi connectivity index (χ1v) is 23.9. The Balaban J connectivity index is 1.57. The molecule has 0 amide bonds. The zero-order valence-corrected chi connectivity index (χ0v) is 37.3. The molecule has 0 unspecified atom stereocenters. The summed E-state index contributed by atoms with van der Waals surface area (Å²) in [5.74, 6) is -25.8. The van der Waals surface area contributed by atoms with E-state index in [1.54, 1.807) is 0 Å². The van der Waals surface area contributed by atoms with E-state index in [0.29, 0.717) is 12.1 Å². The third-order valence-electron chi connectivity index (χ3n) is 10.9. The number of hydrogen-bond donors (Lipinski definition) is 2. The summed E-state index contributed by atoms with van der Waals surface area (Å²) in [6, 6.07) is 3.76. The van der Waals surface area contributed by atoms with Gasteiger partial charge < -0.3 is 9.97 Å². The van der Waals surface area contributed by atoms with Gasteiger partial charge in [-0.25, -0.2) is 53.9 Å². The zero-order valence-electron chi connectivity index (χ0n) is 34.1. The smallest absolute Gasteiger partial charge is 0.310 e. The number of aromatic nitrogens is 4. The second-order valence-electron chi connectivity index (χ2n) is 15.7. The van der Waals surface area contributed by atoms with Crippen LogP contribution in [0.15, 0.2) is 70.5 Å². The number of H-pyrrole nitrogens is 2. The Hall–Kier alpha value is -6.64. The highest BCUT2D eigenvalue weighted by Crippen LogP contribution is 3.03. The van der Waals surface area contributed by atoms with Crippen LogP contribution in [0.1, 0.15) is 22.8 Å². The van der Waals surface area contributed by atoms with Crippen molar-refractivity contribution in [3.05, 3.63) is 152 Å². The van der Waals surface area contributed by atoms with Crippen molar-refractivity contribution in [2.24, 2.45) is 0 Å². The molecule has 28 heteroatoms. The van der Waals surface area contributed by atoms with Crippen molar-refractivity contribution in [1.29, 1.82) is 0 Å². The lowest BCUT2D eigenvalue weighted by atomic mass is 10.0. The summed E-state index contributed by atoms with van der Waals surface area (Å²) in [6.07, 6.45) is 3.04. The Morgan fingerprint density at radius 1 is 0.319 bits per heavy atom. The van der Waals surface area contributed by atoms with Crippen LogP contribution in [0.4, 0.5) is 82.8 Å². The summed E-state index contributed by atoms with van der Waals surface area (Å²) >= 11 is 11.9. The third kappa shape index (κ3) is 8.59. The van der Waals surface area contributed by atoms with Crippen LogP contribution in [0, 0.1) is 58.2 Å². The third-order valence-corrected chi connectivity index (χ3v) is 13.6. The Morgan fingerprint density at radius 2 is 0.569 bits per heavy atom. The van der Waals surface area contributed by atoms with Gasteiger partial charge in [-0.15, -0.1) is 0 Å². The molecule has 9 rings (SSSR count). The number of halogens is 22. The fourth-order valence-electron chi connectivity index (χ4n) is 7.85. The van der Waals surface area contributed by atoms with Crippen molar-refractivity contribution >= 4 is 90.0 Å². The quantitative estimate of drug-likeness (QED) is 0.0990. The number of nitrogens with one attached hydrogen (secondary N) is 2. The van der Waals surface area contributed by atoms with E-state index < -0.39 is 188 Å². The van der Waals surface area contributed by atoms with E-state index in [4.69, 9.17) is 23.2 Å². The standard InChI is InChI=1S/C44H16Cl2F20N4S2/c45-17-9-15(11-19(13-17)71(57,58,59,60)61)29-21-1-5-25(67-21)31(33-35(47)39(51)43(55)40(52)36(33)48)26-7-3-23(69-26)30(16-10-18(46)14-20(12-16)72(62,63,64,65)66)24-4-8-28(70-24)32(27-6-2-22(29)68-27)34-37(49)41(53)44(56)42(54)38(34)50/h1-14,67,70H. The minimum Gasteiger partial charge on any atom is -0.354 e. The molecule has 5 heterocycles. The first kappa shape index (κ1) is 50.3. The highest BCUT2D eigenvalue weighted by molar-refractivity contribution is 8.46. The van der Waals surface area contributed by atoms with Gasteiger partial charge in [0.05, 0.1) is 33.9 Å². The monoisotopic (exact) mass is 1110 g/mol. The first-order valence-electron chi connectivity index (χ1n) is 19.2. The van der Waals surface area contributed by atoms with Gasteiger partial charge in [0.1, 0.15) is 9.79 Å². The number of hydrogen-bond acceptors (Lipinski definition) is 2. The average molecular weight is 1120 g/mol. The largest absolute Gasteiger partial charge is 0.354 e.